The molecule has 2 aliphatic carbocycles. The van der Waals surface area contributed by atoms with Crippen molar-refractivity contribution in [3.05, 3.63) is 46.8 Å². The van der Waals surface area contributed by atoms with E-state index in [1.54, 1.807) is 0 Å². The smallest absolute Gasteiger partial charge is 0.326 e. The number of carbonyl (C=O) groups is 2. The third kappa shape index (κ3) is 2.98. The van der Waals surface area contributed by atoms with Gasteiger partial charge in [0.15, 0.2) is 17.3 Å². The fraction of sp³-hybridized carbons (Fsp3) is 0.421. The molecule has 1 N–H and O–H groups in total. The highest BCUT2D eigenvalue weighted by Crippen LogP contribution is 2.33. The van der Waals surface area contributed by atoms with Gasteiger partial charge in [-0.15, -0.1) is 0 Å². The maximum absolute atomic E-state index is 13.7. The highest BCUT2D eigenvalue weighted by molar-refractivity contribution is 5.97. The van der Waals surface area contributed by atoms with Gasteiger partial charge in [0.05, 0.1) is 5.69 Å². The number of halogens is 2. The monoisotopic (exact) mass is 375 g/mol. The Bertz CT molecular complexity index is 937. The number of hydrogen-bond acceptors (Lipinski definition) is 3. The topological polar surface area (TPSA) is 75.4 Å². The van der Waals surface area contributed by atoms with Crippen LogP contribution in [0.25, 0.3) is 5.69 Å². The van der Waals surface area contributed by atoms with Crippen LogP contribution in [0, 0.1) is 11.6 Å². The number of hydrogen-bond donors (Lipinski definition) is 1. The van der Waals surface area contributed by atoms with Gasteiger partial charge in [0.1, 0.15) is 6.04 Å². The summed E-state index contributed by atoms with van der Waals surface area (Å²) in [5.41, 5.74) is 2.12. The second kappa shape index (κ2) is 6.44. The van der Waals surface area contributed by atoms with Gasteiger partial charge in [-0.2, -0.15) is 5.10 Å². The molecule has 1 saturated carbocycles. The van der Waals surface area contributed by atoms with E-state index in [-0.39, 0.29) is 11.7 Å². The Kier molecular flexibility index (Phi) is 4.20. The van der Waals surface area contributed by atoms with Crippen LogP contribution < -0.4 is 0 Å². The van der Waals surface area contributed by atoms with Gasteiger partial charge in [-0.1, -0.05) is 0 Å². The van der Waals surface area contributed by atoms with Crippen molar-refractivity contribution in [1.82, 2.24) is 14.7 Å². The first kappa shape index (κ1) is 17.6. The number of fused-ring (bicyclic) bond motifs is 1. The summed E-state index contributed by atoms with van der Waals surface area (Å²) in [6, 6.07) is 2.45. The van der Waals surface area contributed by atoms with Crippen LogP contribution in [-0.4, -0.2) is 43.7 Å². The molecule has 1 heterocycles. The predicted molar refractivity (Wildman–Crippen MR) is 91.8 cm³/mol. The molecule has 0 bridgehead atoms. The third-order valence-electron chi connectivity index (χ3n) is 5.23. The van der Waals surface area contributed by atoms with Crippen LogP contribution in [0.5, 0.6) is 0 Å². The van der Waals surface area contributed by atoms with E-state index in [1.165, 1.54) is 22.6 Å². The van der Waals surface area contributed by atoms with Crippen LogP contribution in [0.4, 0.5) is 8.78 Å². The maximum atomic E-state index is 13.7. The number of aromatic nitrogens is 2. The lowest BCUT2D eigenvalue weighted by atomic mass is 10.1. The average molecular weight is 375 g/mol. The molecule has 2 aliphatic rings. The number of carboxylic acid groups (broad SMARTS) is 1. The summed E-state index contributed by atoms with van der Waals surface area (Å²) < 4.78 is 28.4. The zero-order chi connectivity index (χ0) is 19.3. The van der Waals surface area contributed by atoms with Crippen molar-refractivity contribution in [2.75, 3.05) is 0 Å². The van der Waals surface area contributed by atoms with E-state index in [4.69, 9.17) is 0 Å². The van der Waals surface area contributed by atoms with Gasteiger partial charge in [-0.25, -0.2) is 18.3 Å². The SMILES string of the molecule is CC(C(=O)O)N(C(=O)c1nn(-c2ccc(F)c(F)c2)c2c1CCC2)C1CC1. The zero-order valence-electron chi connectivity index (χ0n) is 14.8. The van der Waals surface area contributed by atoms with Gasteiger partial charge in [0.25, 0.3) is 5.91 Å². The van der Waals surface area contributed by atoms with Crippen molar-refractivity contribution in [1.29, 1.82) is 0 Å². The van der Waals surface area contributed by atoms with Gasteiger partial charge in [0, 0.05) is 23.4 Å². The minimum absolute atomic E-state index is 0.0888. The molecule has 0 saturated heterocycles. The van der Waals surface area contributed by atoms with Crippen molar-refractivity contribution >= 4 is 11.9 Å². The van der Waals surface area contributed by atoms with Crippen molar-refractivity contribution in [3.63, 3.8) is 0 Å². The minimum Gasteiger partial charge on any atom is -0.480 e. The summed E-state index contributed by atoms with van der Waals surface area (Å²) >= 11 is 0. The summed E-state index contributed by atoms with van der Waals surface area (Å²) in [6.45, 7) is 1.49. The van der Waals surface area contributed by atoms with Crippen molar-refractivity contribution in [3.8, 4) is 5.69 Å². The summed E-state index contributed by atoms with van der Waals surface area (Å²) in [5, 5.41) is 13.8. The lowest BCUT2D eigenvalue weighted by Crippen LogP contribution is -2.45. The van der Waals surface area contributed by atoms with E-state index < -0.39 is 29.6 Å². The standard InChI is InChI=1S/C19H19F2N3O3/c1-10(19(26)27)23(11-5-6-11)18(25)17-13-3-2-4-16(13)24(22-17)12-7-8-14(20)15(21)9-12/h7-11H,2-6H2,1H3,(H,26,27). The van der Waals surface area contributed by atoms with E-state index in [1.807, 2.05) is 0 Å². The Labute approximate surface area is 154 Å². The number of aliphatic carboxylic acids is 1. The zero-order valence-corrected chi connectivity index (χ0v) is 14.8. The summed E-state index contributed by atoms with van der Waals surface area (Å²) in [4.78, 5) is 26.0. The molecule has 0 spiro atoms. The van der Waals surface area contributed by atoms with Crippen molar-refractivity contribution < 1.29 is 23.5 Å². The van der Waals surface area contributed by atoms with Crippen LogP contribution >= 0.6 is 0 Å². The van der Waals surface area contributed by atoms with Gasteiger partial charge in [-0.05, 0) is 51.2 Å². The van der Waals surface area contributed by atoms with Crippen molar-refractivity contribution in [2.24, 2.45) is 0 Å². The Hall–Kier alpha value is -2.77. The normalized spacial score (nSPS) is 16.9. The first-order valence-corrected chi connectivity index (χ1v) is 9.00. The summed E-state index contributed by atoms with van der Waals surface area (Å²) in [5.74, 6) is -3.41. The molecule has 1 aromatic carbocycles. The number of benzene rings is 1. The number of amides is 1. The van der Waals surface area contributed by atoms with E-state index in [2.05, 4.69) is 5.10 Å². The van der Waals surface area contributed by atoms with E-state index in [9.17, 15) is 23.5 Å². The highest BCUT2D eigenvalue weighted by Gasteiger charge is 2.41. The fourth-order valence-corrected chi connectivity index (χ4v) is 3.69. The molecular weight excluding hydrogens is 356 g/mol. The highest BCUT2D eigenvalue weighted by atomic mass is 19.2. The molecule has 0 radical (unpaired) electrons. The lowest BCUT2D eigenvalue weighted by molar-refractivity contribution is -0.141. The molecule has 1 amide bonds. The molecule has 1 atom stereocenters. The van der Waals surface area contributed by atoms with Gasteiger partial charge < -0.3 is 10.0 Å². The Balaban J connectivity index is 1.76. The molecule has 6 nitrogen and oxygen atoms in total. The quantitative estimate of drug-likeness (QED) is 0.872. The summed E-state index contributed by atoms with van der Waals surface area (Å²) in [6.07, 6.45) is 3.70. The van der Waals surface area contributed by atoms with Gasteiger partial charge in [-0.3, -0.25) is 4.79 Å². The molecule has 4 rings (SSSR count). The molecule has 142 valence electrons. The molecule has 1 aromatic heterocycles. The third-order valence-corrected chi connectivity index (χ3v) is 5.23. The van der Waals surface area contributed by atoms with Gasteiger partial charge in [0.2, 0.25) is 0 Å². The molecule has 0 aliphatic heterocycles. The van der Waals surface area contributed by atoms with Crippen LogP contribution in [-0.2, 0) is 17.6 Å². The average Bonchev–Trinajstić information content (AvgIpc) is 3.22. The maximum Gasteiger partial charge on any atom is 0.326 e. The number of carbonyl (C=O) groups excluding carboxylic acids is 1. The van der Waals surface area contributed by atoms with Crippen molar-refractivity contribution in [2.45, 2.75) is 51.1 Å². The lowest BCUT2D eigenvalue weighted by Gasteiger charge is -2.26. The second-order valence-corrected chi connectivity index (χ2v) is 7.10. The van der Waals surface area contributed by atoms with Crippen LogP contribution in [0.2, 0.25) is 0 Å². The molecule has 2 aromatic rings. The number of carboxylic acids is 1. The number of nitrogens with zero attached hydrogens (tertiary/aromatic N) is 3. The Morgan fingerprint density at radius 1 is 1.26 bits per heavy atom. The first-order chi connectivity index (χ1) is 12.9. The summed E-state index contributed by atoms with van der Waals surface area (Å²) in [7, 11) is 0. The van der Waals surface area contributed by atoms with E-state index >= 15 is 0 Å². The second-order valence-electron chi connectivity index (χ2n) is 7.10. The van der Waals surface area contributed by atoms with Crippen LogP contribution in [0.3, 0.4) is 0 Å². The van der Waals surface area contributed by atoms with E-state index in [0.29, 0.717) is 18.5 Å². The predicted octanol–water partition coefficient (Wildman–Crippen LogP) is 2.72. The molecule has 8 heteroatoms. The van der Waals surface area contributed by atoms with Gasteiger partial charge >= 0.3 is 5.97 Å². The van der Waals surface area contributed by atoms with Crippen LogP contribution in [0.15, 0.2) is 18.2 Å². The van der Waals surface area contributed by atoms with E-state index in [0.717, 1.165) is 42.7 Å². The largest absolute Gasteiger partial charge is 0.480 e. The fourth-order valence-electron chi connectivity index (χ4n) is 3.69. The molecule has 1 unspecified atom stereocenters. The Morgan fingerprint density at radius 3 is 2.63 bits per heavy atom. The minimum atomic E-state index is -1.06. The molecule has 27 heavy (non-hydrogen) atoms. The first-order valence-electron chi connectivity index (χ1n) is 9.00. The Morgan fingerprint density at radius 2 is 2.00 bits per heavy atom. The molecular formula is C19H19F2N3O3. The van der Waals surface area contributed by atoms with Crippen LogP contribution in [0.1, 0.15) is 47.9 Å². The number of rotatable bonds is 5. The molecule has 1 fully saturated rings.